The Hall–Kier alpha value is -2.45. The Morgan fingerprint density at radius 2 is 1.64 bits per heavy atom. The molecule has 1 aromatic heterocycles. The second kappa shape index (κ2) is 4.79. The van der Waals surface area contributed by atoms with Crippen LogP contribution < -0.4 is 0 Å². The van der Waals surface area contributed by atoms with Crippen molar-refractivity contribution in [1.29, 1.82) is 0 Å². The van der Waals surface area contributed by atoms with Gasteiger partial charge in [0.2, 0.25) is 0 Å². The molecule has 0 aliphatic carbocycles. The smallest absolute Gasteiger partial charge is 0.329 e. The zero-order chi connectivity index (χ0) is 16.1. The van der Waals surface area contributed by atoms with Gasteiger partial charge in [-0.2, -0.15) is 18.3 Å². The first-order valence-corrected chi connectivity index (χ1v) is 6.14. The van der Waals surface area contributed by atoms with Crippen molar-refractivity contribution in [1.82, 2.24) is 15.1 Å². The van der Waals surface area contributed by atoms with Gasteiger partial charge in [0.05, 0.1) is 0 Å². The van der Waals surface area contributed by atoms with Crippen LogP contribution in [0.3, 0.4) is 0 Å². The molecule has 9 heteroatoms. The molecule has 0 bridgehead atoms. The number of H-pyrrole nitrogens is 1. The molecule has 3 rings (SSSR count). The first-order valence-electron chi connectivity index (χ1n) is 6.14. The largest absolute Gasteiger partial charge is 0.432 e. The average Bonchev–Trinajstić information content (AvgIpc) is 3.04. The lowest BCUT2D eigenvalue weighted by Gasteiger charge is -2.13. The van der Waals surface area contributed by atoms with E-state index in [0.29, 0.717) is 17.2 Å². The summed E-state index contributed by atoms with van der Waals surface area (Å²) in [6.07, 6.45) is -4.63. The number of halogens is 5. The lowest BCUT2D eigenvalue weighted by Crippen LogP contribution is -2.25. The minimum absolute atomic E-state index is 0.0143. The van der Waals surface area contributed by atoms with Gasteiger partial charge in [-0.25, -0.2) is 8.78 Å². The number of amides is 1. The van der Waals surface area contributed by atoms with Crippen LogP contribution in [0.15, 0.2) is 18.2 Å². The summed E-state index contributed by atoms with van der Waals surface area (Å²) in [6.45, 7) is -0.0286. The minimum atomic E-state index is -4.63. The maximum Gasteiger partial charge on any atom is 0.432 e. The lowest BCUT2D eigenvalue weighted by molar-refractivity contribution is -0.141. The summed E-state index contributed by atoms with van der Waals surface area (Å²) in [7, 11) is 0. The number of hydrogen-bond donors (Lipinski definition) is 1. The van der Waals surface area contributed by atoms with Gasteiger partial charge in [-0.1, -0.05) is 0 Å². The van der Waals surface area contributed by atoms with Crippen LogP contribution in [-0.4, -0.2) is 21.0 Å². The van der Waals surface area contributed by atoms with Crippen LogP contribution in [0.25, 0.3) is 0 Å². The molecule has 1 aliphatic heterocycles. The Balaban J connectivity index is 1.82. The van der Waals surface area contributed by atoms with Crippen LogP contribution in [0.1, 0.15) is 27.3 Å². The maximum absolute atomic E-state index is 13.1. The third kappa shape index (κ3) is 2.42. The molecule has 0 fully saturated rings. The van der Waals surface area contributed by atoms with E-state index in [1.165, 1.54) is 4.90 Å². The third-order valence-electron chi connectivity index (χ3n) is 3.35. The minimum Gasteiger partial charge on any atom is -0.329 e. The van der Waals surface area contributed by atoms with E-state index >= 15 is 0 Å². The molecule has 2 heterocycles. The molecular weight excluding hydrogens is 309 g/mol. The van der Waals surface area contributed by atoms with Gasteiger partial charge >= 0.3 is 6.18 Å². The standard InChI is InChI=1S/C13H8F5N3O/c14-8-1-6-4-21(5-7(6)2-9(8)15)12(22)10-3-11(20-19-10)13(16,17)18/h1-3H,4-5H2,(H,19,20). The fraction of sp³-hybridized carbons (Fsp3) is 0.231. The molecule has 4 nitrogen and oxygen atoms in total. The average molecular weight is 317 g/mol. The number of benzene rings is 1. The highest BCUT2D eigenvalue weighted by Gasteiger charge is 2.35. The van der Waals surface area contributed by atoms with Gasteiger partial charge in [-0.05, 0) is 23.3 Å². The van der Waals surface area contributed by atoms with Crippen LogP contribution in [0.5, 0.6) is 0 Å². The summed E-state index contributed by atoms with van der Waals surface area (Å²) >= 11 is 0. The predicted octanol–water partition coefficient (Wildman–Crippen LogP) is 2.86. The molecule has 2 aromatic rings. The van der Waals surface area contributed by atoms with Gasteiger partial charge in [0.15, 0.2) is 17.3 Å². The van der Waals surface area contributed by atoms with Crippen LogP contribution in [0, 0.1) is 11.6 Å². The van der Waals surface area contributed by atoms with Crippen molar-refractivity contribution >= 4 is 5.91 Å². The van der Waals surface area contributed by atoms with Crippen molar-refractivity contribution in [3.8, 4) is 0 Å². The van der Waals surface area contributed by atoms with Crippen molar-refractivity contribution in [2.24, 2.45) is 0 Å². The van der Waals surface area contributed by atoms with Crippen molar-refractivity contribution in [2.75, 3.05) is 0 Å². The van der Waals surface area contributed by atoms with E-state index in [2.05, 4.69) is 5.10 Å². The molecule has 1 aromatic carbocycles. The summed E-state index contributed by atoms with van der Waals surface area (Å²) in [5, 5.41) is 5.09. The predicted molar refractivity (Wildman–Crippen MR) is 63.5 cm³/mol. The molecule has 0 saturated heterocycles. The highest BCUT2D eigenvalue weighted by molar-refractivity contribution is 5.92. The highest BCUT2D eigenvalue weighted by atomic mass is 19.4. The van der Waals surface area contributed by atoms with Gasteiger partial charge in [-0.15, -0.1) is 0 Å². The van der Waals surface area contributed by atoms with E-state index in [0.717, 1.165) is 12.1 Å². The molecule has 1 N–H and O–H groups in total. The molecule has 1 aliphatic rings. The zero-order valence-electron chi connectivity index (χ0n) is 10.8. The maximum atomic E-state index is 13.1. The molecule has 116 valence electrons. The van der Waals surface area contributed by atoms with Crippen molar-refractivity contribution in [3.63, 3.8) is 0 Å². The van der Waals surface area contributed by atoms with Gasteiger partial charge < -0.3 is 4.90 Å². The number of nitrogens with zero attached hydrogens (tertiary/aromatic N) is 2. The number of carbonyl (C=O) groups excluding carboxylic acids is 1. The number of alkyl halides is 3. The topological polar surface area (TPSA) is 49.0 Å². The quantitative estimate of drug-likeness (QED) is 0.822. The first-order chi connectivity index (χ1) is 10.3. The molecule has 0 saturated carbocycles. The number of nitrogens with one attached hydrogen (secondary N) is 1. The van der Waals surface area contributed by atoms with Gasteiger partial charge in [0.25, 0.3) is 5.91 Å². The normalized spacial score (nSPS) is 14.3. The molecule has 0 unspecified atom stereocenters. The molecule has 1 amide bonds. The van der Waals surface area contributed by atoms with E-state index < -0.39 is 35.1 Å². The van der Waals surface area contributed by atoms with Crippen molar-refractivity contribution < 1.29 is 26.7 Å². The Kier molecular flexibility index (Phi) is 3.15. The third-order valence-corrected chi connectivity index (χ3v) is 3.35. The number of aromatic amines is 1. The SMILES string of the molecule is O=C(c1cc(C(F)(F)F)[nH]n1)N1Cc2cc(F)c(F)cc2C1. The van der Waals surface area contributed by atoms with Gasteiger partial charge in [0.1, 0.15) is 5.69 Å². The summed E-state index contributed by atoms with van der Waals surface area (Å²) in [5.41, 5.74) is -0.705. The van der Waals surface area contributed by atoms with Crippen LogP contribution in [0.4, 0.5) is 22.0 Å². The fourth-order valence-electron chi connectivity index (χ4n) is 2.27. The van der Waals surface area contributed by atoms with E-state index in [9.17, 15) is 26.7 Å². The van der Waals surface area contributed by atoms with E-state index in [1.807, 2.05) is 0 Å². The number of hydrogen-bond acceptors (Lipinski definition) is 2. The number of rotatable bonds is 1. The summed E-state index contributed by atoms with van der Waals surface area (Å²) < 4.78 is 63.7. The van der Waals surface area contributed by atoms with Crippen molar-refractivity contribution in [3.05, 3.63) is 52.3 Å². The van der Waals surface area contributed by atoms with Crippen LogP contribution in [-0.2, 0) is 19.3 Å². The van der Waals surface area contributed by atoms with E-state index in [1.54, 1.807) is 5.10 Å². The summed E-state index contributed by atoms with van der Waals surface area (Å²) in [6, 6.07) is 2.56. The van der Waals surface area contributed by atoms with E-state index in [-0.39, 0.29) is 13.1 Å². The van der Waals surface area contributed by atoms with Gasteiger partial charge in [0, 0.05) is 19.2 Å². The van der Waals surface area contributed by atoms with Gasteiger partial charge in [-0.3, -0.25) is 9.89 Å². The fourth-order valence-corrected chi connectivity index (χ4v) is 2.27. The second-order valence-electron chi connectivity index (χ2n) is 4.86. The molecule has 0 radical (unpaired) electrons. The van der Waals surface area contributed by atoms with Crippen LogP contribution >= 0.6 is 0 Å². The first kappa shape index (κ1) is 14.5. The number of carbonyl (C=O) groups is 1. The summed E-state index contributed by atoms with van der Waals surface area (Å²) in [5.74, 6) is -2.82. The molecule has 22 heavy (non-hydrogen) atoms. The Bertz CT molecular complexity index is 722. The van der Waals surface area contributed by atoms with Crippen molar-refractivity contribution in [2.45, 2.75) is 19.3 Å². The number of fused-ring (bicyclic) bond motifs is 1. The van der Waals surface area contributed by atoms with E-state index in [4.69, 9.17) is 0 Å². The second-order valence-corrected chi connectivity index (χ2v) is 4.86. The lowest BCUT2D eigenvalue weighted by atomic mass is 10.1. The Labute approximate surface area is 120 Å². The monoisotopic (exact) mass is 317 g/mol. The highest BCUT2D eigenvalue weighted by Crippen LogP contribution is 2.29. The Morgan fingerprint density at radius 1 is 1.09 bits per heavy atom. The Morgan fingerprint density at radius 3 is 2.09 bits per heavy atom. The summed E-state index contributed by atoms with van der Waals surface area (Å²) in [4.78, 5) is 13.3. The number of aromatic nitrogens is 2. The molecule has 0 atom stereocenters. The molecular formula is C13H8F5N3O. The zero-order valence-corrected chi connectivity index (χ0v) is 10.8. The van der Waals surface area contributed by atoms with Crippen LogP contribution in [0.2, 0.25) is 0 Å². The molecule has 0 spiro atoms.